The molecule has 1 aliphatic heterocycles. The highest BCUT2D eigenvalue weighted by Gasteiger charge is 2.39. The van der Waals surface area contributed by atoms with Crippen molar-refractivity contribution in [3.05, 3.63) is 53.1 Å². The summed E-state index contributed by atoms with van der Waals surface area (Å²) < 4.78 is 54.8. The third kappa shape index (κ3) is 5.48. The highest BCUT2D eigenvalue weighted by Crippen LogP contribution is 2.28. The first-order valence-electron chi connectivity index (χ1n) is 11.5. The summed E-state index contributed by atoms with van der Waals surface area (Å²) in [5.41, 5.74) is 0.895. The summed E-state index contributed by atoms with van der Waals surface area (Å²) >= 11 is 1.35. The van der Waals surface area contributed by atoms with E-state index in [2.05, 4.69) is 4.99 Å². The molecule has 3 aromatic rings. The number of fused-ring (bicyclic) bond motifs is 1. The lowest BCUT2D eigenvalue weighted by atomic mass is 10.2. The van der Waals surface area contributed by atoms with E-state index in [9.17, 15) is 17.6 Å². The zero-order valence-corrected chi connectivity index (χ0v) is 21.3. The summed E-state index contributed by atoms with van der Waals surface area (Å²) in [6.07, 6.45) is 0.919. The number of rotatable bonds is 9. The van der Waals surface area contributed by atoms with Crippen molar-refractivity contribution in [2.24, 2.45) is 4.99 Å². The summed E-state index contributed by atoms with van der Waals surface area (Å²) in [4.78, 5) is 18.1. The Balaban J connectivity index is 1.69. The highest BCUT2D eigenvalue weighted by molar-refractivity contribution is 7.89. The Labute approximate surface area is 207 Å². The number of nitrogens with zero attached hydrogens (tertiary/aromatic N) is 3. The van der Waals surface area contributed by atoms with Crippen LogP contribution < -0.4 is 9.54 Å². The number of sulfonamides is 1. The average Bonchev–Trinajstić information content (AvgIpc) is 3.45. The molecule has 0 aliphatic carbocycles. The lowest BCUT2D eigenvalue weighted by Gasteiger charge is -2.21. The number of ether oxygens (including phenoxy) is 2. The molecular weight excluding hydrogens is 493 g/mol. The minimum absolute atomic E-state index is 0.0457. The predicted octanol–water partition coefficient (Wildman–Crippen LogP) is 3.56. The second-order valence-corrected chi connectivity index (χ2v) is 10.9. The predicted molar refractivity (Wildman–Crippen MR) is 131 cm³/mol. The quantitative estimate of drug-likeness (QED) is 0.402. The summed E-state index contributed by atoms with van der Waals surface area (Å²) in [7, 11) is -3.96. The van der Waals surface area contributed by atoms with Crippen molar-refractivity contribution in [3.8, 4) is 5.75 Å². The minimum Gasteiger partial charge on any atom is -0.494 e. The Morgan fingerprint density at radius 3 is 2.66 bits per heavy atom. The normalized spacial score (nSPS) is 17.3. The van der Waals surface area contributed by atoms with E-state index >= 15 is 0 Å². The van der Waals surface area contributed by atoms with Crippen LogP contribution in [0.1, 0.15) is 26.7 Å². The van der Waals surface area contributed by atoms with Crippen LogP contribution in [0.4, 0.5) is 4.39 Å². The van der Waals surface area contributed by atoms with Gasteiger partial charge in [0, 0.05) is 19.7 Å². The summed E-state index contributed by atoms with van der Waals surface area (Å²) in [6, 6.07) is 9.41. The zero-order chi connectivity index (χ0) is 25.0. The Morgan fingerprint density at radius 1 is 1.17 bits per heavy atom. The molecule has 0 spiro atoms. The number of halogens is 1. The lowest BCUT2D eigenvalue weighted by Crippen LogP contribution is -2.40. The second kappa shape index (κ2) is 11.0. The highest BCUT2D eigenvalue weighted by atomic mass is 32.2. The van der Waals surface area contributed by atoms with E-state index < -0.39 is 27.8 Å². The molecule has 2 heterocycles. The van der Waals surface area contributed by atoms with Crippen molar-refractivity contribution >= 4 is 37.5 Å². The van der Waals surface area contributed by atoms with Gasteiger partial charge in [0.1, 0.15) is 17.6 Å². The number of carbonyl (C=O) groups is 1. The van der Waals surface area contributed by atoms with Crippen molar-refractivity contribution in [1.82, 2.24) is 8.87 Å². The summed E-state index contributed by atoms with van der Waals surface area (Å²) in [6.45, 7) is 6.09. The van der Waals surface area contributed by atoms with Gasteiger partial charge in [-0.25, -0.2) is 12.8 Å². The van der Waals surface area contributed by atoms with Crippen LogP contribution in [0.5, 0.6) is 5.75 Å². The maximum Gasteiger partial charge on any atom is 0.266 e. The van der Waals surface area contributed by atoms with Gasteiger partial charge in [-0.2, -0.15) is 9.30 Å². The molecular formula is C24H28FN3O5S2. The molecule has 0 bridgehead atoms. The first-order valence-corrected chi connectivity index (χ1v) is 13.8. The molecule has 4 rings (SSSR count). The molecule has 1 unspecified atom stereocenters. The first-order chi connectivity index (χ1) is 16.8. The Morgan fingerprint density at radius 2 is 1.94 bits per heavy atom. The Kier molecular flexibility index (Phi) is 8.00. The van der Waals surface area contributed by atoms with Crippen molar-refractivity contribution in [1.29, 1.82) is 0 Å². The van der Waals surface area contributed by atoms with Gasteiger partial charge in [0.05, 0.1) is 28.3 Å². The van der Waals surface area contributed by atoms with Gasteiger partial charge in [-0.1, -0.05) is 11.3 Å². The molecule has 0 N–H and O–H groups in total. The molecule has 188 valence electrons. The minimum atomic E-state index is -3.96. The van der Waals surface area contributed by atoms with E-state index in [1.807, 2.05) is 36.6 Å². The van der Waals surface area contributed by atoms with Crippen molar-refractivity contribution in [2.45, 2.75) is 44.2 Å². The summed E-state index contributed by atoms with van der Waals surface area (Å²) in [5.74, 6) is -0.319. The smallest absolute Gasteiger partial charge is 0.266 e. The molecule has 1 amide bonds. The van der Waals surface area contributed by atoms with Gasteiger partial charge >= 0.3 is 0 Å². The number of hydrogen-bond donors (Lipinski definition) is 0. The molecule has 1 saturated heterocycles. The standard InChI is InChI=1S/C24H28FN3O5S2/c1-3-32-15-14-27-20-12-9-18(33-4-2)16-22(20)34-24(27)26-23(29)21-6-5-13-28(21)35(30,31)19-10-7-17(25)8-11-19/h7-12,16,21H,3-6,13-15H2,1-2H3. The number of aromatic nitrogens is 1. The molecule has 0 saturated carbocycles. The molecule has 8 nitrogen and oxygen atoms in total. The van der Waals surface area contributed by atoms with Crippen molar-refractivity contribution in [3.63, 3.8) is 0 Å². The van der Waals surface area contributed by atoms with Crippen LogP contribution in [-0.2, 0) is 26.1 Å². The van der Waals surface area contributed by atoms with Crippen LogP contribution in [-0.4, -0.2) is 55.6 Å². The second-order valence-electron chi connectivity index (χ2n) is 7.97. The molecule has 0 radical (unpaired) electrons. The van der Waals surface area contributed by atoms with Crippen LogP contribution in [0.15, 0.2) is 52.4 Å². The van der Waals surface area contributed by atoms with E-state index in [4.69, 9.17) is 9.47 Å². The molecule has 1 atom stereocenters. The van der Waals surface area contributed by atoms with Crippen LogP contribution >= 0.6 is 11.3 Å². The van der Waals surface area contributed by atoms with Crippen molar-refractivity contribution < 1.29 is 27.1 Å². The van der Waals surface area contributed by atoms with Gasteiger partial charge < -0.3 is 14.0 Å². The maximum absolute atomic E-state index is 13.3. The number of amides is 1. The van der Waals surface area contributed by atoms with Crippen LogP contribution in [0, 0.1) is 5.82 Å². The number of benzene rings is 2. The van der Waals surface area contributed by atoms with E-state index in [-0.39, 0.29) is 11.4 Å². The van der Waals surface area contributed by atoms with Gasteiger partial charge in [-0.05, 0) is 69.2 Å². The number of hydrogen-bond acceptors (Lipinski definition) is 6. The lowest BCUT2D eigenvalue weighted by molar-refractivity contribution is -0.121. The Hall–Kier alpha value is -2.60. The van der Waals surface area contributed by atoms with Gasteiger partial charge in [0.25, 0.3) is 5.91 Å². The average molecular weight is 522 g/mol. The molecule has 1 aliphatic rings. The number of carbonyl (C=O) groups excluding carboxylic acids is 1. The monoisotopic (exact) mass is 521 g/mol. The topological polar surface area (TPSA) is 90.2 Å². The van der Waals surface area contributed by atoms with Crippen LogP contribution in [0.2, 0.25) is 0 Å². The molecule has 1 aromatic heterocycles. The third-order valence-electron chi connectivity index (χ3n) is 5.74. The van der Waals surface area contributed by atoms with Gasteiger partial charge in [-0.15, -0.1) is 0 Å². The van der Waals surface area contributed by atoms with Gasteiger partial charge in [0.2, 0.25) is 10.0 Å². The fourth-order valence-electron chi connectivity index (χ4n) is 4.10. The zero-order valence-electron chi connectivity index (χ0n) is 19.6. The van der Waals surface area contributed by atoms with E-state index in [0.29, 0.717) is 44.0 Å². The number of thiazole rings is 1. The Bertz CT molecular complexity index is 1370. The largest absolute Gasteiger partial charge is 0.494 e. The van der Waals surface area contributed by atoms with Gasteiger partial charge in [-0.3, -0.25) is 4.79 Å². The molecule has 1 fully saturated rings. The fourth-order valence-corrected chi connectivity index (χ4v) is 6.84. The molecule has 2 aromatic carbocycles. The maximum atomic E-state index is 13.3. The first kappa shape index (κ1) is 25.5. The SMILES string of the molecule is CCOCCn1c(=NC(=O)C2CCCN2S(=O)(=O)c2ccc(F)cc2)sc2cc(OCC)ccc21. The summed E-state index contributed by atoms with van der Waals surface area (Å²) in [5, 5.41) is 0. The molecule has 35 heavy (non-hydrogen) atoms. The van der Waals surface area contributed by atoms with Crippen LogP contribution in [0.3, 0.4) is 0 Å². The van der Waals surface area contributed by atoms with E-state index in [1.165, 1.54) is 27.8 Å². The van der Waals surface area contributed by atoms with Crippen LogP contribution in [0.25, 0.3) is 10.2 Å². The molecule has 11 heteroatoms. The third-order valence-corrected chi connectivity index (χ3v) is 8.71. The van der Waals surface area contributed by atoms with E-state index in [0.717, 1.165) is 28.1 Å². The van der Waals surface area contributed by atoms with E-state index in [1.54, 1.807) is 0 Å². The van der Waals surface area contributed by atoms with Crippen molar-refractivity contribution in [2.75, 3.05) is 26.4 Å². The fraction of sp³-hybridized carbons (Fsp3) is 0.417. The van der Waals surface area contributed by atoms with Gasteiger partial charge in [0.15, 0.2) is 4.80 Å².